The first-order valence-electron chi connectivity index (χ1n) is 5.51. The molecule has 0 spiro atoms. The summed E-state index contributed by atoms with van der Waals surface area (Å²) in [4.78, 5) is 8.21. The van der Waals surface area contributed by atoms with E-state index in [9.17, 15) is 0 Å². The van der Waals surface area contributed by atoms with Crippen LogP contribution in [0.4, 0.5) is 0 Å². The van der Waals surface area contributed by atoms with Crippen molar-refractivity contribution in [2.45, 2.75) is 13.8 Å². The number of nitrogens with zero attached hydrogens (tertiary/aromatic N) is 2. The lowest BCUT2D eigenvalue weighted by Gasteiger charge is -1.99. The van der Waals surface area contributed by atoms with Crippen LogP contribution >= 0.6 is 0 Å². The Morgan fingerprint density at radius 3 is 1.56 bits per heavy atom. The molecule has 0 fully saturated rings. The van der Waals surface area contributed by atoms with Gasteiger partial charge in [0.25, 0.3) is 0 Å². The largest absolute Gasteiger partial charge is 0.264 e. The fourth-order valence-electron chi connectivity index (χ4n) is 1.67. The summed E-state index contributed by atoms with van der Waals surface area (Å²) in [6.45, 7) is 4.00. The van der Waals surface area contributed by atoms with Crippen LogP contribution in [0, 0.1) is 0 Å². The molecule has 2 heteroatoms. The Bertz CT molecular complexity index is 497. The summed E-state index contributed by atoms with van der Waals surface area (Å²) >= 11 is 0. The van der Waals surface area contributed by atoms with E-state index in [1.165, 1.54) is 21.5 Å². The van der Waals surface area contributed by atoms with Crippen molar-refractivity contribution < 1.29 is 0 Å². The predicted molar refractivity (Wildman–Crippen MR) is 68.4 cm³/mol. The summed E-state index contributed by atoms with van der Waals surface area (Å²) in [7, 11) is 0. The molecule has 0 saturated heterocycles. The van der Waals surface area contributed by atoms with Crippen LogP contribution < -0.4 is 0 Å². The minimum atomic E-state index is 1.17. The highest BCUT2D eigenvalue weighted by molar-refractivity contribution is 5.97. The molecule has 0 radical (unpaired) electrons. The molecule has 0 bridgehead atoms. The molecule has 2 heterocycles. The van der Waals surface area contributed by atoms with E-state index < -0.39 is 0 Å². The molecular formula is C14H14N2. The fourth-order valence-corrected chi connectivity index (χ4v) is 1.67. The second-order valence-electron chi connectivity index (χ2n) is 3.30. The van der Waals surface area contributed by atoms with Crippen molar-refractivity contribution in [3.8, 4) is 0 Å². The summed E-state index contributed by atoms with van der Waals surface area (Å²) < 4.78 is 0. The zero-order valence-electron chi connectivity index (χ0n) is 9.51. The van der Waals surface area contributed by atoms with Crippen LogP contribution in [-0.2, 0) is 0 Å². The predicted octanol–water partition coefficient (Wildman–Crippen LogP) is 3.81. The van der Waals surface area contributed by atoms with Gasteiger partial charge in [-0.1, -0.05) is 13.8 Å². The zero-order chi connectivity index (χ0) is 11.4. The normalized spacial score (nSPS) is 9.88. The van der Waals surface area contributed by atoms with Gasteiger partial charge in [0, 0.05) is 35.6 Å². The van der Waals surface area contributed by atoms with Gasteiger partial charge in [-0.2, -0.15) is 0 Å². The Hall–Kier alpha value is -1.96. The minimum absolute atomic E-state index is 1.17. The maximum absolute atomic E-state index is 4.10. The van der Waals surface area contributed by atoms with Crippen LogP contribution in [0.1, 0.15) is 13.8 Å². The van der Waals surface area contributed by atoms with Crippen LogP contribution in [0.15, 0.2) is 49.1 Å². The summed E-state index contributed by atoms with van der Waals surface area (Å²) in [5.41, 5.74) is 0. The quantitative estimate of drug-likeness (QED) is 0.527. The lowest BCUT2D eigenvalue weighted by atomic mass is 10.1. The van der Waals surface area contributed by atoms with Gasteiger partial charge in [0.2, 0.25) is 0 Å². The number of aromatic nitrogens is 2. The highest BCUT2D eigenvalue weighted by atomic mass is 14.6. The van der Waals surface area contributed by atoms with Gasteiger partial charge in [0.1, 0.15) is 0 Å². The van der Waals surface area contributed by atoms with Crippen molar-refractivity contribution in [2.75, 3.05) is 0 Å². The summed E-state index contributed by atoms with van der Waals surface area (Å²) in [6.07, 6.45) is 7.39. The minimum Gasteiger partial charge on any atom is -0.264 e. The first kappa shape index (κ1) is 10.6. The molecule has 1 aromatic carbocycles. The monoisotopic (exact) mass is 210 g/mol. The summed E-state index contributed by atoms with van der Waals surface area (Å²) in [5, 5.41) is 4.76. The molecule has 0 aliphatic heterocycles. The van der Waals surface area contributed by atoms with Crippen LogP contribution in [0.5, 0.6) is 0 Å². The van der Waals surface area contributed by atoms with Crippen LogP contribution in [0.2, 0.25) is 0 Å². The van der Waals surface area contributed by atoms with E-state index in [0.29, 0.717) is 0 Å². The number of fused-ring (bicyclic) bond motifs is 2. The number of pyridine rings is 2. The molecule has 0 N–H and O–H groups in total. The first-order valence-corrected chi connectivity index (χ1v) is 5.51. The summed E-state index contributed by atoms with van der Waals surface area (Å²) in [6, 6.07) is 8.31. The zero-order valence-corrected chi connectivity index (χ0v) is 9.51. The average Bonchev–Trinajstić information content (AvgIpc) is 2.38. The van der Waals surface area contributed by atoms with Crippen molar-refractivity contribution in [3.05, 3.63) is 49.1 Å². The van der Waals surface area contributed by atoms with Gasteiger partial charge in [-0.3, -0.25) is 9.97 Å². The van der Waals surface area contributed by atoms with E-state index in [1.807, 2.05) is 50.8 Å². The van der Waals surface area contributed by atoms with Gasteiger partial charge < -0.3 is 0 Å². The topological polar surface area (TPSA) is 25.8 Å². The lowest BCUT2D eigenvalue weighted by molar-refractivity contribution is 1.36. The van der Waals surface area contributed by atoms with E-state index in [4.69, 9.17) is 0 Å². The Labute approximate surface area is 95.0 Å². The smallest absolute Gasteiger partial charge is 0.0346 e. The highest BCUT2D eigenvalue weighted by Crippen LogP contribution is 2.20. The fraction of sp³-hybridized carbons (Fsp3) is 0.143. The molecule has 0 unspecified atom stereocenters. The second kappa shape index (κ2) is 4.71. The number of benzene rings is 1. The van der Waals surface area contributed by atoms with Gasteiger partial charge in [-0.15, -0.1) is 0 Å². The Morgan fingerprint density at radius 2 is 1.12 bits per heavy atom. The van der Waals surface area contributed by atoms with Gasteiger partial charge in [0.15, 0.2) is 0 Å². The molecule has 0 aliphatic rings. The molecule has 80 valence electrons. The molecular weight excluding hydrogens is 196 g/mol. The first-order chi connectivity index (χ1) is 7.93. The van der Waals surface area contributed by atoms with Crippen molar-refractivity contribution >= 4 is 21.5 Å². The van der Waals surface area contributed by atoms with Crippen molar-refractivity contribution in [2.24, 2.45) is 0 Å². The van der Waals surface area contributed by atoms with E-state index in [1.54, 1.807) is 0 Å². The lowest BCUT2D eigenvalue weighted by Crippen LogP contribution is -1.78. The standard InChI is InChI=1S/C12H8N2.C2H6/c1-3-13-7-11-6-10-2-4-14-8-12(10)5-9(1)11;1-2/h1-8H;1-2H3. The number of hydrogen-bond donors (Lipinski definition) is 0. The molecule has 0 amide bonds. The highest BCUT2D eigenvalue weighted by Gasteiger charge is 1.96. The van der Waals surface area contributed by atoms with Crippen molar-refractivity contribution in [1.29, 1.82) is 0 Å². The molecule has 0 atom stereocenters. The Morgan fingerprint density at radius 1 is 0.688 bits per heavy atom. The summed E-state index contributed by atoms with van der Waals surface area (Å²) in [5.74, 6) is 0. The van der Waals surface area contributed by atoms with Crippen molar-refractivity contribution in [1.82, 2.24) is 9.97 Å². The van der Waals surface area contributed by atoms with Crippen LogP contribution in [0.25, 0.3) is 21.5 Å². The number of rotatable bonds is 0. The molecule has 2 nitrogen and oxygen atoms in total. The van der Waals surface area contributed by atoms with Crippen molar-refractivity contribution in [3.63, 3.8) is 0 Å². The van der Waals surface area contributed by atoms with Crippen LogP contribution in [-0.4, -0.2) is 9.97 Å². The van der Waals surface area contributed by atoms with Gasteiger partial charge >= 0.3 is 0 Å². The Kier molecular flexibility index (Phi) is 3.10. The second-order valence-corrected chi connectivity index (χ2v) is 3.30. The molecule has 0 saturated carbocycles. The van der Waals surface area contributed by atoms with Crippen LogP contribution in [0.3, 0.4) is 0 Å². The van der Waals surface area contributed by atoms with Gasteiger partial charge in [0.05, 0.1) is 0 Å². The average molecular weight is 210 g/mol. The molecule has 2 aromatic heterocycles. The van der Waals surface area contributed by atoms with E-state index >= 15 is 0 Å². The van der Waals surface area contributed by atoms with Gasteiger partial charge in [-0.25, -0.2) is 0 Å². The third kappa shape index (κ3) is 1.87. The maximum Gasteiger partial charge on any atom is 0.0346 e. The Balaban J connectivity index is 0.000000457. The van der Waals surface area contributed by atoms with E-state index in [2.05, 4.69) is 22.1 Å². The van der Waals surface area contributed by atoms with E-state index in [-0.39, 0.29) is 0 Å². The third-order valence-corrected chi connectivity index (χ3v) is 2.40. The number of hydrogen-bond acceptors (Lipinski definition) is 2. The molecule has 3 aromatic rings. The third-order valence-electron chi connectivity index (χ3n) is 2.40. The SMILES string of the molecule is CC.c1cc2cc3cnccc3cc2cn1. The maximum atomic E-state index is 4.10. The van der Waals surface area contributed by atoms with Gasteiger partial charge in [-0.05, 0) is 35.0 Å². The molecule has 3 rings (SSSR count). The molecule has 16 heavy (non-hydrogen) atoms. The van der Waals surface area contributed by atoms with E-state index in [0.717, 1.165) is 0 Å². The molecule has 0 aliphatic carbocycles.